The third kappa shape index (κ3) is 7.09. The topological polar surface area (TPSA) is 112 Å². The lowest BCUT2D eigenvalue weighted by Crippen LogP contribution is -2.43. The van der Waals surface area contributed by atoms with E-state index in [0.717, 1.165) is 30.4 Å². The number of carbonyl (C=O) groups is 2. The lowest BCUT2D eigenvalue weighted by Gasteiger charge is -2.37. The molecule has 2 amide bonds. The van der Waals surface area contributed by atoms with Crippen molar-refractivity contribution in [3.05, 3.63) is 78.3 Å². The van der Waals surface area contributed by atoms with Crippen LogP contribution in [0.3, 0.4) is 0 Å². The average Bonchev–Trinajstić information content (AvgIpc) is 3.72. The Labute approximate surface area is 252 Å². The number of hydrogen-bond acceptors (Lipinski definition) is 7. The molecule has 0 atom stereocenters. The second-order valence-electron chi connectivity index (χ2n) is 10.7. The van der Waals surface area contributed by atoms with Crippen LogP contribution in [0.25, 0.3) is 10.9 Å². The highest BCUT2D eigenvalue weighted by atomic mass is 16.5. The molecule has 3 N–H and O–H groups in total. The van der Waals surface area contributed by atoms with E-state index in [0.29, 0.717) is 41.0 Å². The minimum Gasteiger partial charge on any atom is -0.490 e. The Hall–Kier alpha value is -4.57. The number of likely N-dealkylation sites (tertiary alicyclic amines) is 1. The summed E-state index contributed by atoms with van der Waals surface area (Å²) in [5, 5.41) is 13.8. The van der Waals surface area contributed by atoms with Gasteiger partial charge in [0.15, 0.2) is 11.5 Å². The van der Waals surface area contributed by atoms with Crippen LogP contribution in [-0.4, -0.2) is 73.5 Å². The van der Waals surface area contributed by atoms with E-state index in [2.05, 4.69) is 20.4 Å². The van der Waals surface area contributed by atoms with E-state index < -0.39 is 0 Å². The van der Waals surface area contributed by atoms with Gasteiger partial charge in [-0.25, -0.2) is 4.79 Å². The van der Waals surface area contributed by atoms with E-state index in [1.54, 1.807) is 31.5 Å². The molecule has 2 fully saturated rings. The number of nitrogens with zero attached hydrogens (tertiary/aromatic N) is 3. The van der Waals surface area contributed by atoms with Crippen molar-refractivity contribution in [1.82, 2.24) is 20.1 Å². The molecule has 0 spiro atoms. The summed E-state index contributed by atoms with van der Waals surface area (Å²) in [5.41, 5.74) is 2.38. The Kier molecular flexibility index (Phi) is 9.78. The maximum atomic E-state index is 12.8. The molecule has 3 aromatic rings. The van der Waals surface area contributed by atoms with Crippen LogP contribution in [0.1, 0.15) is 43.0 Å². The van der Waals surface area contributed by atoms with Crippen molar-refractivity contribution >= 4 is 34.7 Å². The Balaban J connectivity index is 1.20. The number of benzene rings is 2. The fourth-order valence-corrected chi connectivity index (χ4v) is 5.82. The zero-order valence-corrected chi connectivity index (χ0v) is 24.8. The summed E-state index contributed by atoms with van der Waals surface area (Å²) < 4.78 is 13.4. The van der Waals surface area contributed by atoms with Gasteiger partial charge in [-0.1, -0.05) is 0 Å². The van der Waals surface area contributed by atoms with E-state index in [4.69, 9.17) is 14.9 Å². The normalized spacial score (nSPS) is 16.5. The zero-order chi connectivity index (χ0) is 30.2. The smallest absolute Gasteiger partial charge is 0.325 e. The Morgan fingerprint density at radius 2 is 1.77 bits per heavy atom. The highest BCUT2D eigenvalue weighted by Crippen LogP contribution is 2.34. The number of aromatic nitrogens is 1. The van der Waals surface area contributed by atoms with Gasteiger partial charge in [0.25, 0.3) is 5.91 Å². The zero-order valence-electron chi connectivity index (χ0n) is 24.8. The van der Waals surface area contributed by atoms with E-state index >= 15 is 0 Å². The molecule has 0 radical (unpaired) electrons. The average molecular weight is 585 g/mol. The van der Waals surface area contributed by atoms with Crippen LogP contribution < -0.4 is 25.0 Å². The van der Waals surface area contributed by atoms with Crippen LogP contribution >= 0.6 is 0 Å². The fourth-order valence-electron chi connectivity index (χ4n) is 5.82. The summed E-state index contributed by atoms with van der Waals surface area (Å²) in [6, 6.07) is 13.5. The number of allylic oxidation sites excluding steroid dienone is 2. The number of ether oxygens (including phenoxy) is 2. The minimum absolute atomic E-state index is 0.239. The quantitative estimate of drug-likeness (QED) is 0.173. The highest BCUT2D eigenvalue weighted by molar-refractivity contribution is 5.95. The molecule has 2 saturated heterocycles. The van der Waals surface area contributed by atoms with E-state index in [1.807, 2.05) is 37.3 Å². The molecule has 0 unspecified atom stereocenters. The van der Waals surface area contributed by atoms with Gasteiger partial charge in [0, 0.05) is 67.5 Å². The molecule has 10 heteroatoms. The Bertz CT molecular complexity index is 1500. The molecule has 0 bridgehead atoms. The van der Waals surface area contributed by atoms with Gasteiger partial charge < -0.3 is 35.3 Å². The molecule has 0 saturated carbocycles. The van der Waals surface area contributed by atoms with Gasteiger partial charge in [-0.2, -0.15) is 0 Å². The highest BCUT2D eigenvalue weighted by Gasteiger charge is 2.26. The van der Waals surface area contributed by atoms with Crippen LogP contribution in [0, 0.1) is 5.41 Å². The predicted octanol–water partition coefficient (Wildman–Crippen LogP) is 5.15. The number of carbonyl (C=O) groups excluding carboxylic acids is 2. The van der Waals surface area contributed by atoms with Crippen molar-refractivity contribution in [3.63, 3.8) is 0 Å². The summed E-state index contributed by atoms with van der Waals surface area (Å²) in [6.07, 6.45) is 12.4. The number of hydrogen-bond donors (Lipinski definition) is 3. The van der Waals surface area contributed by atoms with E-state index in [-0.39, 0.29) is 11.9 Å². The maximum Gasteiger partial charge on any atom is 0.325 e. The summed E-state index contributed by atoms with van der Waals surface area (Å²) in [5.74, 6) is 0.964. The first-order chi connectivity index (χ1) is 21.0. The van der Waals surface area contributed by atoms with Crippen LogP contribution in [0.2, 0.25) is 0 Å². The van der Waals surface area contributed by atoms with Crippen molar-refractivity contribution < 1.29 is 19.1 Å². The molecule has 5 rings (SSSR count). The summed E-state index contributed by atoms with van der Waals surface area (Å²) in [6.45, 7) is 6.82. The summed E-state index contributed by atoms with van der Waals surface area (Å²) in [7, 11) is 1.57. The van der Waals surface area contributed by atoms with Gasteiger partial charge in [-0.05, 0) is 94.2 Å². The first-order valence-corrected chi connectivity index (χ1v) is 15.0. The molecule has 2 aliphatic heterocycles. The molecular formula is C33H40N6O4. The number of piperidine rings is 1. The van der Waals surface area contributed by atoms with Gasteiger partial charge in [0.05, 0.1) is 12.1 Å². The number of anilines is 1. The van der Waals surface area contributed by atoms with Crippen molar-refractivity contribution in [1.29, 1.82) is 5.41 Å². The van der Waals surface area contributed by atoms with Crippen LogP contribution in [0.4, 0.5) is 10.5 Å². The minimum atomic E-state index is -0.263. The van der Waals surface area contributed by atoms with E-state index in [1.165, 1.54) is 55.6 Å². The third-order valence-electron chi connectivity index (χ3n) is 8.04. The van der Waals surface area contributed by atoms with Crippen molar-refractivity contribution in [3.8, 4) is 11.5 Å². The SMILES string of the molecule is CCOc1cc2c(ccn2C(=O)NC)cc1OC(C=CNC(=O)c1ccc(N2CCC(N3CCCC3)CC2)cc1)=CC=N. The molecule has 1 aromatic heterocycles. The Morgan fingerprint density at radius 3 is 2.44 bits per heavy atom. The second-order valence-corrected chi connectivity index (χ2v) is 10.7. The molecule has 2 aliphatic rings. The van der Waals surface area contributed by atoms with Crippen LogP contribution in [-0.2, 0) is 0 Å². The van der Waals surface area contributed by atoms with Crippen molar-refractivity contribution in [2.45, 2.75) is 38.6 Å². The number of nitrogens with one attached hydrogen (secondary N) is 3. The second kappa shape index (κ2) is 14.1. The van der Waals surface area contributed by atoms with Crippen LogP contribution in [0.5, 0.6) is 11.5 Å². The monoisotopic (exact) mass is 584 g/mol. The summed E-state index contributed by atoms with van der Waals surface area (Å²) in [4.78, 5) is 30.1. The third-order valence-corrected chi connectivity index (χ3v) is 8.04. The van der Waals surface area contributed by atoms with Gasteiger partial charge in [0.2, 0.25) is 0 Å². The van der Waals surface area contributed by atoms with Gasteiger partial charge >= 0.3 is 6.03 Å². The molecule has 2 aromatic carbocycles. The van der Waals surface area contributed by atoms with Gasteiger partial charge in [-0.15, -0.1) is 0 Å². The molecule has 226 valence electrons. The Morgan fingerprint density at radius 1 is 1.02 bits per heavy atom. The molecule has 3 heterocycles. The number of fused-ring (bicyclic) bond motifs is 1. The van der Waals surface area contributed by atoms with Crippen molar-refractivity contribution in [2.24, 2.45) is 0 Å². The molecule has 0 aliphatic carbocycles. The lowest BCUT2D eigenvalue weighted by atomic mass is 10.0. The van der Waals surface area contributed by atoms with E-state index in [9.17, 15) is 9.59 Å². The van der Waals surface area contributed by atoms with Crippen LogP contribution in [0.15, 0.2) is 72.8 Å². The molecule has 10 nitrogen and oxygen atoms in total. The maximum absolute atomic E-state index is 12.8. The predicted molar refractivity (Wildman–Crippen MR) is 170 cm³/mol. The first-order valence-electron chi connectivity index (χ1n) is 15.0. The largest absolute Gasteiger partial charge is 0.490 e. The standard InChI is InChI=1S/C33H40N6O4/c1-3-42-30-23-29-25(12-21-39(29)33(41)35-2)22-31(30)43-28(10-15-34)11-16-36-32(40)24-6-8-26(9-7-24)38-19-13-27(14-20-38)37-17-4-5-18-37/h6-12,15-16,21-23,27,34H,3-5,13-14,17-20H2,1-2H3,(H,35,41)(H,36,40). The summed E-state index contributed by atoms with van der Waals surface area (Å²) >= 11 is 0. The first kappa shape index (κ1) is 29.9. The molecular weight excluding hydrogens is 544 g/mol. The fraction of sp³-hybridized carbons (Fsp3) is 0.364. The van der Waals surface area contributed by atoms with Gasteiger partial charge in [0.1, 0.15) is 5.76 Å². The lowest BCUT2D eigenvalue weighted by molar-refractivity contribution is 0.0970. The number of rotatable bonds is 10. The van der Waals surface area contributed by atoms with Gasteiger partial charge in [-0.3, -0.25) is 9.36 Å². The number of amides is 2. The molecule has 43 heavy (non-hydrogen) atoms. The van der Waals surface area contributed by atoms with Crippen molar-refractivity contribution in [2.75, 3.05) is 44.7 Å².